The minimum absolute atomic E-state index is 0.297. The van der Waals surface area contributed by atoms with Gasteiger partial charge in [-0.2, -0.15) is 0 Å². The van der Waals surface area contributed by atoms with E-state index in [0.29, 0.717) is 41.9 Å². The molecule has 3 aromatic rings. The smallest absolute Gasteiger partial charge is 0.274 e. The lowest BCUT2D eigenvalue weighted by atomic mass is 10.1. The molecule has 6 nitrogen and oxygen atoms in total. The van der Waals surface area contributed by atoms with Crippen LogP contribution in [0.15, 0.2) is 54.6 Å². The highest BCUT2D eigenvalue weighted by Gasteiger charge is 2.13. The summed E-state index contributed by atoms with van der Waals surface area (Å²) in [6, 6.07) is 17.2. The maximum atomic E-state index is 12.7. The summed E-state index contributed by atoms with van der Waals surface area (Å²) in [6.45, 7) is 6.89. The number of aromatic nitrogens is 2. The predicted molar refractivity (Wildman–Crippen MR) is 111 cm³/mol. The van der Waals surface area contributed by atoms with E-state index in [0.717, 1.165) is 5.56 Å². The van der Waals surface area contributed by atoms with Crippen molar-refractivity contribution >= 4 is 17.5 Å². The van der Waals surface area contributed by atoms with Gasteiger partial charge in [-0.05, 0) is 44.5 Å². The van der Waals surface area contributed by atoms with E-state index >= 15 is 0 Å². The largest absolute Gasteiger partial charge is 0.492 e. The van der Waals surface area contributed by atoms with Gasteiger partial charge in [0.25, 0.3) is 5.91 Å². The number of anilines is 2. The van der Waals surface area contributed by atoms with Gasteiger partial charge in [0.2, 0.25) is 5.95 Å². The number of nitrogens with one attached hydrogen (secondary N) is 2. The lowest BCUT2D eigenvalue weighted by molar-refractivity contribution is 0.102. The second-order valence-corrected chi connectivity index (χ2v) is 6.44. The Bertz CT molecular complexity index is 972. The van der Waals surface area contributed by atoms with E-state index in [2.05, 4.69) is 39.7 Å². The monoisotopic (exact) mass is 376 g/mol. The third-order valence-electron chi connectivity index (χ3n) is 4.06. The number of hydrogen-bond donors (Lipinski definition) is 2. The van der Waals surface area contributed by atoms with Crippen LogP contribution in [0.5, 0.6) is 5.75 Å². The average Bonchev–Trinajstić information content (AvgIpc) is 2.68. The first-order chi connectivity index (χ1) is 13.5. The Labute approximate surface area is 165 Å². The molecule has 0 spiro atoms. The normalized spacial score (nSPS) is 10.4. The maximum Gasteiger partial charge on any atom is 0.274 e. The number of ether oxygens (including phenoxy) is 1. The number of amides is 1. The van der Waals surface area contributed by atoms with Crippen molar-refractivity contribution in [1.29, 1.82) is 0 Å². The molecule has 0 saturated heterocycles. The molecule has 1 aromatic heterocycles. The van der Waals surface area contributed by atoms with Crippen LogP contribution in [-0.4, -0.2) is 22.5 Å². The van der Waals surface area contributed by atoms with Gasteiger partial charge in [-0.3, -0.25) is 4.79 Å². The second-order valence-electron chi connectivity index (χ2n) is 6.44. The lowest BCUT2D eigenvalue weighted by Gasteiger charge is -2.12. The molecule has 0 unspecified atom stereocenters. The summed E-state index contributed by atoms with van der Waals surface area (Å²) < 4.78 is 5.56. The Morgan fingerprint density at radius 1 is 1.04 bits per heavy atom. The average molecular weight is 376 g/mol. The van der Waals surface area contributed by atoms with Gasteiger partial charge in [0.15, 0.2) is 0 Å². The molecule has 0 aliphatic rings. The summed E-state index contributed by atoms with van der Waals surface area (Å²) in [5.74, 6) is 0.739. The van der Waals surface area contributed by atoms with Crippen LogP contribution in [0.1, 0.15) is 34.2 Å². The number of hydrogen-bond acceptors (Lipinski definition) is 5. The van der Waals surface area contributed by atoms with E-state index < -0.39 is 0 Å². The molecule has 144 valence electrons. The Kier molecular flexibility index (Phi) is 6.22. The standard InChI is InChI=1S/C22H24N4O2/c1-4-28-20-11-6-5-10-18(20)25-21(27)19-13-16(3)24-22(26-19)23-14-17-9-7-8-15(2)12-17/h5-13H,4,14H2,1-3H3,(H,25,27)(H,23,24,26). The van der Waals surface area contributed by atoms with Crippen molar-refractivity contribution in [3.05, 3.63) is 77.1 Å². The van der Waals surface area contributed by atoms with Gasteiger partial charge in [0.05, 0.1) is 12.3 Å². The Morgan fingerprint density at radius 2 is 1.86 bits per heavy atom. The minimum Gasteiger partial charge on any atom is -0.492 e. The topological polar surface area (TPSA) is 76.1 Å². The third-order valence-corrected chi connectivity index (χ3v) is 4.06. The molecule has 0 radical (unpaired) electrons. The molecule has 0 atom stereocenters. The number of benzene rings is 2. The molecule has 1 heterocycles. The van der Waals surface area contributed by atoms with Gasteiger partial charge in [-0.1, -0.05) is 42.0 Å². The minimum atomic E-state index is -0.309. The van der Waals surface area contributed by atoms with E-state index in [9.17, 15) is 4.79 Å². The molecule has 2 N–H and O–H groups in total. The van der Waals surface area contributed by atoms with Crippen molar-refractivity contribution in [3.8, 4) is 5.75 Å². The number of para-hydroxylation sites is 2. The Balaban J connectivity index is 1.74. The number of carbonyl (C=O) groups is 1. The van der Waals surface area contributed by atoms with Gasteiger partial charge in [0.1, 0.15) is 11.4 Å². The van der Waals surface area contributed by atoms with E-state index in [1.165, 1.54) is 5.56 Å². The van der Waals surface area contributed by atoms with Gasteiger partial charge in [0, 0.05) is 12.2 Å². The predicted octanol–water partition coefficient (Wildman–Crippen LogP) is 4.36. The highest BCUT2D eigenvalue weighted by molar-refractivity contribution is 6.03. The zero-order valence-electron chi connectivity index (χ0n) is 16.3. The van der Waals surface area contributed by atoms with E-state index in [1.54, 1.807) is 12.1 Å². The van der Waals surface area contributed by atoms with Gasteiger partial charge < -0.3 is 15.4 Å². The fourth-order valence-corrected chi connectivity index (χ4v) is 2.80. The molecule has 0 fully saturated rings. The molecule has 3 rings (SSSR count). The summed E-state index contributed by atoms with van der Waals surface area (Å²) in [5, 5.41) is 6.06. The van der Waals surface area contributed by atoms with Gasteiger partial charge in [-0.25, -0.2) is 9.97 Å². The molecule has 0 aliphatic heterocycles. The van der Waals surface area contributed by atoms with Crippen LogP contribution < -0.4 is 15.4 Å². The van der Waals surface area contributed by atoms with Crippen molar-refractivity contribution in [2.75, 3.05) is 17.2 Å². The Hall–Kier alpha value is -3.41. The van der Waals surface area contributed by atoms with Gasteiger partial charge >= 0.3 is 0 Å². The van der Waals surface area contributed by atoms with Crippen LogP contribution in [0.3, 0.4) is 0 Å². The van der Waals surface area contributed by atoms with Crippen molar-refractivity contribution in [2.24, 2.45) is 0 Å². The molecule has 0 bridgehead atoms. The maximum absolute atomic E-state index is 12.7. The lowest BCUT2D eigenvalue weighted by Crippen LogP contribution is -2.16. The summed E-state index contributed by atoms with van der Waals surface area (Å²) in [6.07, 6.45) is 0. The molecule has 6 heteroatoms. The molecule has 28 heavy (non-hydrogen) atoms. The molecule has 0 saturated carbocycles. The van der Waals surface area contributed by atoms with Crippen LogP contribution in [-0.2, 0) is 6.54 Å². The van der Waals surface area contributed by atoms with Crippen molar-refractivity contribution in [3.63, 3.8) is 0 Å². The second kappa shape index (κ2) is 8.99. The van der Waals surface area contributed by atoms with Crippen LogP contribution >= 0.6 is 0 Å². The zero-order valence-corrected chi connectivity index (χ0v) is 16.3. The van der Waals surface area contributed by atoms with E-state index in [1.807, 2.05) is 44.2 Å². The highest BCUT2D eigenvalue weighted by Crippen LogP contribution is 2.24. The summed E-state index contributed by atoms with van der Waals surface area (Å²) >= 11 is 0. The van der Waals surface area contributed by atoms with Crippen molar-refractivity contribution in [1.82, 2.24) is 9.97 Å². The first kappa shape index (κ1) is 19.4. The molecule has 1 amide bonds. The first-order valence-electron chi connectivity index (χ1n) is 9.23. The van der Waals surface area contributed by atoms with E-state index in [-0.39, 0.29) is 5.91 Å². The molecular weight excluding hydrogens is 352 g/mol. The van der Waals surface area contributed by atoms with E-state index in [4.69, 9.17) is 4.74 Å². The number of carbonyl (C=O) groups excluding carboxylic acids is 1. The highest BCUT2D eigenvalue weighted by atomic mass is 16.5. The fourth-order valence-electron chi connectivity index (χ4n) is 2.80. The number of rotatable bonds is 7. The van der Waals surface area contributed by atoms with Crippen LogP contribution in [0, 0.1) is 13.8 Å². The third kappa shape index (κ3) is 5.07. The quantitative estimate of drug-likeness (QED) is 0.641. The Morgan fingerprint density at radius 3 is 2.64 bits per heavy atom. The molecular formula is C22H24N4O2. The summed E-state index contributed by atoms with van der Waals surface area (Å²) in [7, 11) is 0. The zero-order chi connectivity index (χ0) is 19.9. The summed E-state index contributed by atoms with van der Waals surface area (Å²) in [5.41, 5.74) is 3.94. The van der Waals surface area contributed by atoms with Crippen LogP contribution in [0.2, 0.25) is 0 Å². The number of nitrogens with zero attached hydrogens (tertiary/aromatic N) is 2. The molecule has 2 aromatic carbocycles. The molecule has 0 aliphatic carbocycles. The first-order valence-corrected chi connectivity index (χ1v) is 9.23. The number of aryl methyl sites for hydroxylation is 2. The van der Waals surface area contributed by atoms with Crippen molar-refractivity contribution < 1.29 is 9.53 Å². The van der Waals surface area contributed by atoms with Crippen LogP contribution in [0.25, 0.3) is 0 Å². The van der Waals surface area contributed by atoms with Gasteiger partial charge in [-0.15, -0.1) is 0 Å². The summed E-state index contributed by atoms with van der Waals surface area (Å²) in [4.78, 5) is 21.5. The SMILES string of the molecule is CCOc1ccccc1NC(=O)c1cc(C)nc(NCc2cccc(C)c2)n1. The van der Waals surface area contributed by atoms with Crippen molar-refractivity contribution in [2.45, 2.75) is 27.3 Å². The van der Waals surface area contributed by atoms with Crippen LogP contribution in [0.4, 0.5) is 11.6 Å². The fraction of sp³-hybridized carbons (Fsp3) is 0.227.